The molecule has 2 atom stereocenters. The molecule has 2 aliphatic rings. The topological polar surface area (TPSA) is 85.3 Å². The molecule has 2 aliphatic heterocycles. The van der Waals surface area contributed by atoms with E-state index in [0.29, 0.717) is 32.8 Å². The van der Waals surface area contributed by atoms with Crippen molar-refractivity contribution in [2.45, 2.75) is 42.8 Å². The molecule has 2 saturated heterocycles. The molecule has 0 radical (unpaired) electrons. The zero-order chi connectivity index (χ0) is 21.2. The van der Waals surface area contributed by atoms with Crippen LogP contribution in [0.4, 0.5) is 0 Å². The SMILES string of the molecule is CC(Sc1nnc(-c2c[nH]c3ccccc23)n1CC1CCCO1)C(=O)N1CCOCC1. The van der Waals surface area contributed by atoms with Crippen LogP contribution < -0.4 is 0 Å². The lowest BCUT2D eigenvalue weighted by Gasteiger charge is -2.29. The Labute approximate surface area is 185 Å². The van der Waals surface area contributed by atoms with Gasteiger partial charge >= 0.3 is 0 Å². The Balaban J connectivity index is 1.44. The molecule has 3 aromatic rings. The van der Waals surface area contributed by atoms with Crippen molar-refractivity contribution in [2.75, 3.05) is 32.9 Å². The molecule has 9 heteroatoms. The van der Waals surface area contributed by atoms with Gasteiger partial charge in [-0.05, 0) is 25.8 Å². The summed E-state index contributed by atoms with van der Waals surface area (Å²) < 4.78 is 13.4. The molecule has 1 amide bonds. The molecule has 8 nitrogen and oxygen atoms in total. The first-order valence-electron chi connectivity index (χ1n) is 10.8. The second-order valence-corrected chi connectivity index (χ2v) is 9.31. The number of para-hydroxylation sites is 1. The summed E-state index contributed by atoms with van der Waals surface area (Å²) >= 11 is 1.47. The quantitative estimate of drug-likeness (QED) is 0.592. The first-order valence-corrected chi connectivity index (χ1v) is 11.7. The molecule has 164 valence electrons. The number of thioether (sulfide) groups is 1. The summed E-state index contributed by atoms with van der Waals surface area (Å²) in [5, 5.41) is 10.7. The van der Waals surface area contributed by atoms with Crippen LogP contribution in [0.15, 0.2) is 35.6 Å². The van der Waals surface area contributed by atoms with Gasteiger partial charge in [-0.2, -0.15) is 0 Å². The first kappa shape index (κ1) is 20.5. The largest absolute Gasteiger partial charge is 0.378 e. The fraction of sp³-hybridized carbons (Fsp3) is 0.500. The van der Waals surface area contributed by atoms with E-state index in [0.717, 1.165) is 46.9 Å². The summed E-state index contributed by atoms with van der Waals surface area (Å²) in [5.74, 6) is 0.926. The fourth-order valence-electron chi connectivity index (χ4n) is 4.24. The van der Waals surface area contributed by atoms with Crippen LogP contribution in [-0.2, 0) is 20.8 Å². The van der Waals surface area contributed by atoms with Gasteiger partial charge in [-0.15, -0.1) is 10.2 Å². The predicted molar refractivity (Wildman–Crippen MR) is 119 cm³/mol. The number of nitrogens with one attached hydrogen (secondary N) is 1. The van der Waals surface area contributed by atoms with E-state index >= 15 is 0 Å². The average molecular weight is 442 g/mol. The maximum atomic E-state index is 12.9. The summed E-state index contributed by atoms with van der Waals surface area (Å²) in [6.07, 6.45) is 4.23. The zero-order valence-corrected chi connectivity index (χ0v) is 18.4. The summed E-state index contributed by atoms with van der Waals surface area (Å²) in [7, 11) is 0. The smallest absolute Gasteiger partial charge is 0.236 e. The molecule has 0 saturated carbocycles. The van der Waals surface area contributed by atoms with Crippen molar-refractivity contribution in [3.63, 3.8) is 0 Å². The highest BCUT2D eigenvalue weighted by Gasteiger charge is 2.28. The Hall–Kier alpha value is -2.36. The summed E-state index contributed by atoms with van der Waals surface area (Å²) in [6.45, 7) is 5.91. The Kier molecular flexibility index (Phi) is 5.97. The van der Waals surface area contributed by atoms with E-state index in [-0.39, 0.29) is 17.3 Å². The van der Waals surface area contributed by atoms with E-state index in [1.807, 2.05) is 30.2 Å². The van der Waals surface area contributed by atoms with Crippen LogP contribution in [0.3, 0.4) is 0 Å². The first-order chi connectivity index (χ1) is 15.2. The van der Waals surface area contributed by atoms with Crippen LogP contribution in [0.25, 0.3) is 22.3 Å². The van der Waals surface area contributed by atoms with E-state index in [9.17, 15) is 4.79 Å². The van der Waals surface area contributed by atoms with Crippen LogP contribution in [-0.4, -0.2) is 74.8 Å². The van der Waals surface area contributed by atoms with Crippen molar-refractivity contribution in [3.05, 3.63) is 30.5 Å². The highest BCUT2D eigenvalue weighted by atomic mass is 32.2. The van der Waals surface area contributed by atoms with Crippen LogP contribution in [0, 0.1) is 0 Å². The van der Waals surface area contributed by atoms with Gasteiger partial charge in [0.15, 0.2) is 11.0 Å². The van der Waals surface area contributed by atoms with Gasteiger partial charge < -0.3 is 19.4 Å². The van der Waals surface area contributed by atoms with Gasteiger partial charge in [0, 0.05) is 42.4 Å². The number of H-pyrrole nitrogens is 1. The molecule has 4 heterocycles. The minimum atomic E-state index is -0.249. The standard InChI is InChI=1S/C22H27N5O3S/c1-15(21(28)26-8-11-29-12-9-26)31-22-25-24-20(27(22)14-16-5-4-10-30-16)18-13-23-19-7-3-2-6-17(18)19/h2-3,6-7,13,15-16,23H,4-5,8-12,14H2,1H3. The molecule has 31 heavy (non-hydrogen) atoms. The molecule has 2 unspecified atom stereocenters. The lowest BCUT2D eigenvalue weighted by molar-refractivity contribution is -0.134. The third-order valence-corrected chi connectivity index (χ3v) is 6.98. The second kappa shape index (κ2) is 9.02. The molecule has 1 aromatic carbocycles. The van der Waals surface area contributed by atoms with Crippen molar-refractivity contribution < 1.29 is 14.3 Å². The summed E-state index contributed by atoms with van der Waals surface area (Å²) in [6, 6.07) is 8.18. The molecule has 0 bridgehead atoms. The number of carbonyl (C=O) groups excluding carboxylic acids is 1. The highest BCUT2D eigenvalue weighted by molar-refractivity contribution is 8.00. The maximum Gasteiger partial charge on any atom is 0.236 e. The Morgan fingerprint density at radius 3 is 2.90 bits per heavy atom. The molecule has 0 spiro atoms. The van der Waals surface area contributed by atoms with Gasteiger partial charge in [-0.1, -0.05) is 30.0 Å². The van der Waals surface area contributed by atoms with E-state index in [1.165, 1.54) is 11.8 Å². The van der Waals surface area contributed by atoms with Gasteiger partial charge in [-0.3, -0.25) is 9.36 Å². The average Bonchev–Trinajstić information content (AvgIpc) is 3.55. The second-order valence-electron chi connectivity index (χ2n) is 8.00. The van der Waals surface area contributed by atoms with Crippen molar-refractivity contribution >= 4 is 28.6 Å². The number of benzene rings is 1. The van der Waals surface area contributed by atoms with Gasteiger partial charge in [0.2, 0.25) is 5.91 Å². The van der Waals surface area contributed by atoms with Gasteiger partial charge in [-0.25, -0.2) is 0 Å². The lowest BCUT2D eigenvalue weighted by atomic mass is 10.1. The lowest BCUT2D eigenvalue weighted by Crippen LogP contribution is -2.44. The van der Waals surface area contributed by atoms with Crippen molar-refractivity contribution in [1.82, 2.24) is 24.6 Å². The molecule has 2 fully saturated rings. The van der Waals surface area contributed by atoms with Crippen LogP contribution in [0.2, 0.25) is 0 Å². The minimum Gasteiger partial charge on any atom is -0.378 e. The van der Waals surface area contributed by atoms with Crippen LogP contribution >= 0.6 is 11.8 Å². The molecular weight excluding hydrogens is 414 g/mol. The predicted octanol–water partition coefficient (Wildman–Crippen LogP) is 2.94. The number of rotatable bonds is 6. The number of carbonyl (C=O) groups is 1. The number of aromatic amines is 1. The number of amides is 1. The third kappa shape index (κ3) is 4.22. The molecule has 1 N–H and O–H groups in total. The number of nitrogens with zero attached hydrogens (tertiary/aromatic N) is 4. The Morgan fingerprint density at radius 2 is 2.10 bits per heavy atom. The zero-order valence-electron chi connectivity index (χ0n) is 17.6. The van der Waals surface area contributed by atoms with Crippen molar-refractivity contribution in [2.24, 2.45) is 0 Å². The Morgan fingerprint density at radius 1 is 1.26 bits per heavy atom. The highest BCUT2D eigenvalue weighted by Crippen LogP contribution is 2.32. The minimum absolute atomic E-state index is 0.119. The summed E-state index contributed by atoms with van der Waals surface area (Å²) in [4.78, 5) is 18.1. The van der Waals surface area contributed by atoms with Gasteiger partial charge in [0.05, 0.1) is 31.1 Å². The molecule has 5 rings (SSSR count). The van der Waals surface area contributed by atoms with Crippen molar-refractivity contribution in [1.29, 1.82) is 0 Å². The maximum absolute atomic E-state index is 12.9. The number of hydrogen-bond acceptors (Lipinski definition) is 6. The Bertz CT molecular complexity index is 1050. The van der Waals surface area contributed by atoms with Gasteiger partial charge in [0.25, 0.3) is 0 Å². The van der Waals surface area contributed by atoms with Gasteiger partial charge in [0.1, 0.15) is 0 Å². The third-order valence-electron chi connectivity index (χ3n) is 5.91. The van der Waals surface area contributed by atoms with E-state index in [1.54, 1.807) is 0 Å². The monoisotopic (exact) mass is 441 g/mol. The number of morpholine rings is 1. The number of ether oxygens (including phenoxy) is 2. The van der Waals surface area contributed by atoms with Crippen LogP contribution in [0.5, 0.6) is 0 Å². The van der Waals surface area contributed by atoms with E-state index in [4.69, 9.17) is 9.47 Å². The van der Waals surface area contributed by atoms with Crippen LogP contribution in [0.1, 0.15) is 19.8 Å². The van der Waals surface area contributed by atoms with E-state index < -0.39 is 0 Å². The number of fused-ring (bicyclic) bond motifs is 1. The number of hydrogen-bond donors (Lipinski definition) is 1. The molecule has 0 aliphatic carbocycles. The fourth-order valence-corrected chi connectivity index (χ4v) is 5.18. The summed E-state index contributed by atoms with van der Waals surface area (Å²) in [5.41, 5.74) is 2.08. The number of aromatic nitrogens is 4. The normalized spacial score (nSPS) is 20.4. The van der Waals surface area contributed by atoms with Crippen molar-refractivity contribution in [3.8, 4) is 11.4 Å². The molecule has 2 aromatic heterocycles. The van der Waals surface area contributed by atoms with E-state index in [2.05, 4.69) is 31.9 Å². The molecular formula is C22H27N5O3S.